The molecule has 2 heterocycles. The van der Waals surface area contributed by atoms with E-state index < -0.39 is 5.60 Å². The number of hydrogen-bond acceptors (Lipinski definition) is 6. The van der Waals surface area contributed by atoms with Crippen molar-refractivity contribution in [2.75, 3.05) is 31.1 Å². The number of anilines is 1. The molecule has 0 aliphatic carbocycles. The molecule has 8 nitrogen and oxygen atoms in total. The van der Waals surface area contributed by atoms with Gasteiger partial charge < -0.3 is 24.4 Å². The highest BCUT2D eigenvalue weighted by atomic mass is 16.6. The third kappa shape index (κ3) is 5.62. The summed E-state index contributed by atoms with van der Waals surface area (Å²) in [6, 6.07) is 15.5. The minimum Gasteiger partial charge on any atom is -0.445 e. The molecule has 0 saturated carbocycles. The van der Waals surface area contributed by atoms with Crippen LogP contribution in [-0.4, -0.2) is 65.0 Å². The van der Waals surface area contributed by atoms with E-state index >= 15 is 0 Å². The largest absolute Gasteiger partial charge is 0.445 e. The number of ether oxygens (including phenoxy) is 2. The monoisotopic (exact) mass is 467 g/mol. The van der Waals surface area contributed by atoms with Gasteiger partial charge in [0, 0.05) is 38.4 Å². The Morgan fingerprint density at radius 2 is 1.71 bits per heavy atom. The Bertz CT molecular complexity index is 1020. The first-order valence-corrected chi connectivity index (χ1v) is 11.7. The molecule has 2 aliphatic heterocycles. The number of amides is 2. The topological polar surface area (TPSA) is 82.6 Å². The lowest BCUT2D eigenvalue weighted by Gasteiger charge is -2.42. The van der Waals surface area contributed by atoms with Gasteiger partial charge >= 0.3 is 12.2 Å². The summed E-state index contributed by atoms with van der Waals surface area (Å²) in [5.74, 6) is 0. The van der Waals surface area contributed by atoms with Crippen molar-refractivity contribution in [2.45, 2.75) is 52.1 Å². The maximum Gasteiger partial charge on any atom is 0.410 e. The maximum atomic E-state index is 12.6. The molecule has 1 unspecified atom stereocenters. The van der Waals surface area contributed by atoms with Gasteiger partial charge in [0.05, 0.1) is 12.6 Å². The Hall–Kier alpha value is -3.26. The molecule has 0 radical (unpaired) electrons. The quantitative estimate of drug-likeness (QED) is 0.737. The highest BCUT2D eigenvalue weighted by molar-refractivity contribution is 5.70. The van der Waals surface area contributed by atoms with Crippen LogP contribution >= 0.6 is 0 Å². The zero-order valence-electron chi connectivity index (χ0n) is 20.1. The molecule has 2 amide bonds. The van der Waals surface area contributed by atoms with Crippen molar-refractivity contribution >= 4 is 17.9 Å². The molecule has 8 heteroatoms. The molecule has 2 aliphatic rings. The Balaban J connectivity index is 1.37. The number of nitrogens with zero attached hydrogens (tertiary/aromatic N) is 3. The van der Waals surface area contributed by atoms with E-state index in [1.807, 2.05) is 63.2 Å². The maximum absolute atomic E-state index is 12.6. The molecule has 1 fully saturated rings. The predicted octanol–water partition coefficient (Wildman–Crippen LogP) is 3.76. The SMILES string of the molecule is CC(C)(C)OC(=O)N1CCN(c2ccc3c(c2)CN(C(=O)OCc2ccccc2)C3)C(CO)C1. The van der Waals surface area contributed by atoms with Crippen LogP contribution in [0.4, 0.5) is 15.3 Å². The minimum absolute atomic E-state index is 0.0751. The minimum atomic E-state index is -0.559. The number of hydrogen-bond donors (Lipinski definition) is 1. The molecule has 2 aromatic carbocycles. The summed E-state index contributed by atoms with van der Waals surface area (Å²) in [7, 11) is 0. The molecule has 0 bridgehead atoms. The van der Waals surface area contributed by atoms with Crippen molar-refractivity contribution in [3.8, 4) is 0 Å². The second kappa shape index (κ2) is 9.93. The van der Waals surface area contributed by atoms with Crippen LogP contribution in [0.25, 0.3) is 0 Å². The smallest absolute Gasteiger partial charge is 0.410 e. The van der Waals surface area contributed by atoms with Crippen LogP contribution in [0.2, 0.25) is 0 Å². The Kier molecular flexibility index (Phi) is 6.97. The van der Waals surface area contributed by atoms with Gasteiger partial charge in [0.2, 0.25) is 0 Å². The Morgan fingerprint density at radius 1 is 0.971 bits per heavy atom. The number of rotatable bonds is 4. The number of fused-ring (bicyclic) bond motifs is 1. The van der Waals surface area contributed by atoms with Crippen LogP contribution in [-0.2, 0) is 29.2 Å². The van der Waals surface area contributed by atoms with E-state index in [1.165, 1.54) is 0 Å². The second-order valence-corrected chi connectivity index (χ2v) is 9.81. The van der Waals surface area contributed by atoms with Gasteiger partial charge in [-0.15, -0.1) is 0 Å². The summed E-state index contributed by atoms with van der Waals surface area (Å²) in [6.07, 6.45) is -0.690. The van der Waals surface area contributed by atoms with E-state index in [9.17, 15) is 14.7 Å². The van der Waals surface area contributed by atoms with Gasteiger partial charge in [-0.3, -0.25) is 4.90 Å². The van der Waals surface area contributed by atoms with Crippen molar-refractivity contribution in [1.82, 2.24) is 9.80 Å². The molecule has 182 valence electrons. The third-order valence-corrected chi connectivity index (χ3v) is 6.05. The first kappa shape index (κ1) is 23.9. The van der Waals surface area contributed by atoms with E-state index in [4.69, 9.17) is 9.47 Å². The van der Waals surface area contributed by atoms with Crippen LogP contribution in [0.1, 0.15) is 37.5 Å². The average Bonchev–Trinajstić information content (AvgIpc) is 3.25. The number of carbonyl (C=O) groups is 2. The number of aliphatic hydroxyl groups excluding tert-OH is 1. The lowest BCUT2D eigenvalue weighted by atomic mass is 10.1. The van der Waals surface area contributed by atoms with Crippen LogP contribution in [0.5, 0.6) is 0 Å². The van der Waals surface area contributed by atoms with Gasteiger partial charge in [-0.25, -0.2) is 9.59 Å². The molecule has 1 atom stereocenters. The van der Waals surface area contributed by atoms with Gasteiger partial charge in [-0.1, -0.05) is 36.4 Å². The molecule has 0 spiro atoms. The number of carbonyl (C=O) groups excluding carboxylic acids is 2. The molecule has 0 aromatic heterocycles. The molecular weight excluding hydrogens is 434 g/mol. The fourth-order valence-corrected chi connectivity index (χ4v) is 4.34. The van der Waals surface area contributed by atoms with Crippen molar-refractivity contribution in [3.05, 3.63) is 65.2 Å². The highest BCUT2D eigenvalue weighted by Gasteiger charge is 2.33. The molecule has 34 heavy (non-hydrogen) atoms. The Labute approximate surface area is 200 Å². The average molecular weight is 468 g/mol. The van der Waals surface area contributed by atoms with E-state index in [0.29, 0.717) is 32.7 Å². The Morgan fingerprint density at radius 3 is 2.41 bits per heavy atom. The van der Waals surface area contributed by atoms with E-state index in [-0.39, 0.29) is 31.4 Å². The van der Waals surface area contributed by atoms with Crippen molar-refractivity contribution in [3.63, 3.8) is 0 Å². The molecular formula is C26H33N3O5. The number of benzene rings is 2. The lowest BCUT2D eigenvalue weighted by molar-refractivity contribution is 0.0197. The zero-order valence-corrected chi connectivity index (χ0v) is 20.1. The molecule has 2 aromatic rings. The lowest BCUT2D eigenvalue weighted by Crippen LogP contribution is -2.57. The summed E-state index contributed by atoms with van der Waals surface area (Å²) in [5.41, 5.74) is 3.53. The third-order valence-electron chi connectivity index (χ3n) is 6.05. The van der Waals surface area contributed by atoms with Crippen molar-refractivity contribution < 1.29 is 24.2 Å². The van der Waals surface area contributed by atoms with Crippen LogP contribution < -0.4 is 4.90 Å². The van der Waals surface area contributed by atoms with Gasteiger partial charge in [0.25, 0.3) is 0 Å². The summed E-state index contributed by atoms with van der Waals surface area (Å²) < 4.78 is 11.0. The van der Waals surface area contributed by atoms with Crippen LogP contribution in [0.3, 0.4) is 0 Å². The molecule has 1 saturated heterocycles. The standard InChI is InChI=1S/C26H33N3O5/c1-26(2,3)34-25(32)27-11-12-29(23(16-27)17-30)22-10-9-20-14-28(15-21(20)13-22)24(31)33-18-19-7-5-4-6-8-19/h4-10,13,23,30H,11-12,14-18H2,1-3H3. The summed E-state index contributed by atoms with van der Waals surface area (Å²) in [6.45, 7) is 8.19. The number of aliphatic hydroxyl groups is 1. The second-order valence-electron chi connectivity index (χ2n) is 9.81. The van der Waals surface area contributed by atoms with Crippen molar-refractivity contribution in [2.24, 2.45) is 0 Å². The summed E-state index contributed by atoms with van der Waals surface area (Å²) >= 11 is 0. The van der Waals surface area contributed by atoms with Crippen LogP contribution in [0, 0.1) is 0 Å². The van der Waals surface area contributed by atoms with Gasteiger partial charge in [0.15, 0.2) is 0 Å². The first-order chi connectivity index (χ1) is 16.2. The molecule has 1 N–H and O–H groups in total. The van der Waals surface area contributed by atoms with E-state index in [1.54, 1.807) is 9.80 Å². The summed E-state index contributed by atoms with van der Waals surface area (Å²) in [4.78, 5) is 30.5. The van der Waals surface area contributed by atoms with E-state index in [0.717, 1.165) is 22.4 Å². The van der Waals surface area contributed by atoms with E-state index in [2.05, 4.69) is 11.0 Å². The number of piperazine rings is 1. The van der Waals surface area contributed by atoms with Crippen LogP contribution in [0.15, 0.2) is 48.5 Å². The van der Waals surface area contributed by atoms with Crippen molar-refractivity contribution in [1.29, 1.82) is 0 Å². The van der Waals surface area contributed by atoms with Gasteiger partial charge in [-0.2, -0.15) is 0 Å². The predicted molar refractivity (Wildman–Crippen MR) is 128 cm³/mol. The first-order valence-electron chi connectivity index (χ1n) is 11.7. The fourth-order valence-electron chi connectivity index (χ4n) is 4.34. The molecule has 4 rings (SSSR count). The van der Waals surface area contributed by atoms with Gasteiger partial charge in [0.1, 0.15) is 12.2 Å². The fraction of sp³-hybridized carbons (Fsp3) is 0.462. The zero-order chi connectivity index (χ0) is 24.3. The van der Waals surface area contributed by atoms with Gasteiger partial charge in [-0.05, 0) is 49.6 Å². The normalized spacial score (nSPS) is 18.0. The highest BCUT2D eigenvalue weighted by Crippen LogP contribution is 2.30. The summed E-state index contributed by atoms with van der Waals surface area (Å²) in [5, 5.41) is 10.0.